The van der Waals surface area contributed by atoms with Crippen molar-refractivity contribution in [2.45, 2.75) is 33.1 Å². The smallest absolute Gasteiger partial charge is 0.223 e. The number of aryl methyl sites for hydroxylation is 3. The number of pyridine rings is 1. The van der Waals surface area contributed by atoms with E-state index in [9.17, 15) is 26.3 Å². The Morgan fingerprint density at radius 2 is 1.50 bits per heavy atom. The van der Waals surface area contributed by atoms with Gasteiger partial charge in [0.05, 0.1) is 22.3 Å². The summed E-state index contributed by atoms with van der Waals surface area (Å²) in [7, 11) is 0. The Bertz CT molecular complexity index is 998. The summed E-state index contributed by atoms with van der Waals surface area (Å²) in [6, 6.07) is 4.95. The van der Waals surface area contributed by atoms with Gasteiger partial charge in [-0.2, -0.15) is 31.4 Å². The maximum Gasteiger partial charge on any atom is 0.433 e. The van der Waals surface area contributed by atoms with E-state index in [1.54, 1.807) is 25.1 Å². The molecule has 2 heterocycles. The number of benzene rings is 1. The Balaban J connectivity index is 2.41. The lowest BCUT2D eigenvalue weighted by molar-refractivity contribution is -0.144. The van der Waals surface area contributed by atoms with E-state index in [1.165, 1.54) is 6.92 Å². The summed E-state index contributed by atoms with van der Waals surface area (Å²) in [6.45, 7) is 4.94. The molecule has 0 aliphatic heterocycles. The molecule has 0 aliphatic rings. The molecule has 0 saturated carbocycles. The summed E-state index contributed by atoms with van der Waals surface area (Å²) in [5.41, 5.74) is -1.44. The largest absolute Gasteiger partial charge is 0.433 e. The lowest BCUT2D eigenvalue weighted by Crippen LogP contribution is -2.14. The molecule has 0 saturated heterocycles. The van der Waals surface area contributed by atoms with E-state index in [1.807, 2.05) is 6.92 Å². The molecule has 2 aromatic heterocycles. The van der Waals surface area contributed by atoms with Crippen molar-refractivity contribution in [3.05, 3.63) is 52.3 Å². The Morgan fingerprint density at radius 3 is 2.04 bits per heavy atom. The minimum atomic E-state index is -5.01. The van der Waals surface area contributed by atoms with Crippen LogP contribution in [0, 0.1) is 20.8 Å². The van der Waals surface area contributed by atoms with E-state index in [-0.39, 0.29) is 11.8 Å². The second-order valence-electron chi connectivity index (χ2n) is 6.01. The summed E-state index contributed by atoms with van der Waals surface area (Å²) in [6.07, 6.45) is -9.98. The molecule has 0 bridgehead atoms. The van der Waals surface area contributed by atoms with Gasteiger partial charge in [-0.05, 0) is 50.1 Å². The van der Waals surface area contributed by atoms with Crippen LogP contribution in [0.2, 0.25) is 0 Å². The predicted molar refractivity (Wildman–Crippen MR) is 83.1 cm³/mol. The molecule has 0 N–H and O–H groups in total. The molecule has 0 fully saturated rings. The van der Waals surface area contributed by atoms with Gasteiger partial charge in [-0.3, -0.25) is 0 Å². The van der Waals surface area contributed by atoms with Gasteiger partial charge in [-0.15, -0.1) is 0 Å². The first-order chi connectivity index (χ1) is 11.9. The van der Waals surface area contributed by atoms with Gasteiger partial charge in [0.25, 0.3) is 0 Å². The topological polar surface area (TPSA) is 30.7 Å². The number of halogens is 6. The van der Waals surface area contributed by atoms with Gasteiger partial charge in [-0.25, -0.2) is 9.67 Å². The number of alkyl halides is 6. The lowest BCUT2D eigenvalue weighted by Gasteiger charge is -2.13. The van der Waals surface area contributed by atoms with Crippen molar-refractivity contribution in [1.29, 1.82) is 0 Å². The molecule has 9 heteroatoms. The Kier molecular flexibility index (Phi) is 4.01. The predicted octanol–water partition coefficient (Wildman–Crippen LogP) is 5.38. The molecule has 3 rings (SSSR count). The van der Waals surface area contributed by atoms with E-state index < -0.39 is 34.6 Å². The first-order valence-electron chi connectivity index (χ1n) is 7.52. The Labute approximate surface area is 144 Å². The van der Waals surface area contributed by atoms with Gasteiger partial charge >= 0.3 is 12.4 Å². The molecule has 3 aromatic rings. The van der Waals surface area contributed by atoms with Gasteiger partial charge < -0.3 is 0 Å². The number of aromatic nitrogens is 3. The molecule has 1 aromatic carbocycles. The van der Waals surface area contributed by atoms with Crippen molar-refractivity contribution in [2.24, 2.45) is 0 Å². The third-order valence-electron chi connectivity index (χ3n) is 4.14. The molecule has 0 unspecified atom stereocenters. The van der Waals surface area contributed by atoms with Crippen LogP contribution in [-0.4, -0.2) is 14.8 Å². The van der Waals surface area contributed by atoms with Crippen molar-refractivity contribution in [3.8, 4) is 5.69 Å². The number of rotatable bonds is 1. The van der Waals surface area contributed by atoms with Gasteiger partial charge in [0, 0.05) is 0 Å². The zero-order chi connectivity index (χ0) is 19.4. The summed E-state index contributed by atoms with van der Waals surface area (Å²) >= 11 is 0. The van der Waals surface area contributed by atoms with E-state index in [2.05, 4.69) is 10.1 Å². The first-order valence-corrected chi connectivity index (χ1v) is 7.52. The Morgan fingerprint density at radius 1 is 0.846 bits per heavy atom. The van der Waals surface area contributed by atoms with E-state index in [0.717, 1.165) is 15.8 Å². The third kappa shape index (κ3) is 3.02. The SMILES string of the molecule is Cc1ccc(-n2nc(C)c3c(C(F)(F)F)cc(C(F)(F)F)nc32)cc1C. The maximum atomic E-state index is 13.4. The van der Waals surface area contributed by atoms with Crippen LogP contribution < -0.4 is 0 Å². The molecular weight excluding hydrogens is 360 g/mol. The second-order valence-corrected chi connectivity index (χ2v) is 6.01. The van der Waals surface area contributed by atoms with Gasteiger partial charge in [0.1, 0.15) is 5.69 Å². The molecule has 0 radical (unpaired) electrons. The van der Waals surface area contributed by atoms with Crippen LogP contribution in [0.1, 0.15) is 28.1 Å². The molecular formula is C17H13F6N3. The highest BCUT2D eigenvalue weighted by molar-refractivity contribution is 5.84. The van der Waals surface area contributed by atoms with Crippen molar-refractivity contribution < 1.29 is 26.3 Å². The normalized spacial score (nSPS) is 12.8. The summed E-state index contributed by atoms with van der Waals surface area (Å²) in [4.78, 5) is 3.45. The summed E-state index contributed by atoms with van der Waals surface area (Å²) < 4.78 is 80.4. The van der Waals surface area contributed by atoms with Crippen LogP contribution >= 0.6 is 0 Å². The zero-order valence-corrected chi connectivity index (χ0v) is 13.9. The summed E-state index contributed by atoms with van der Waals surface area (Å²) in [5.74, 6) is 0. The molecule has 0 aliphatic carbocycles. The lowest BCUT2D eigenvalue weighted by atomic mass is 10.1. The number of hydrogen-bond donors (Lipinski definition) is 0. The second kappa shape index (κ2) is 5.72. The number of nitrogens with zero attached hydrogens (tertiary/aromatic N) is 3. The molecule has 0 spiro atoms. The van der Waals surface area contributed by atoms with Crippen LogP contribution in [0.3, 0.4) is 0 Å². The monoisotopic (exact) mass is 373 g/mol. The fourth-order valence-electron chi connectivity index (χ4n) is 2.70. The van der Waals surface area contributed by atoms with Gasteiger partial charge in [-0.1, -0.05) is 6.07 Å². The minimum Gasteiger partial charge on any atom is -0.223 e. The standard InChI is InChI=1S/C17H13F6N3/c1-8-4-5-11(6-9(8)2)26-15-14(10(3)25-26)12(16(18,19)20)7-13(24-15)17(21,22)23/h4-7H,1-3H3. The molecule has 138 valence electrons. The van der Waals surface area contributed by atoms with E-state index >= 15 is 0 Å². The van der Waals surface area contributed by atoms with Gasteiger partial charge in [0.15, 0.2) is 5.65 Å². The Hall–Kier alpha value is -2.58. The number of hydrogen-bond acceptors (Lipinski definition) is 2. The molecule has 3 nitrogen and oxygen atoms in total. The van der Waals surface area contributed by atoms with Crippen LogP contribution in [0.25, 0.3) is 16.7 Å². The first kappa shape index (κ1) is 18.2. The molecule has 26 heavy (non-hydrogen) atoms. The quantitative estimate of drug-likeness (QED) is 0.536. The number of fused-ring (bicyclic) bond motifs is 1. The maximum absolute atomic E-state index is 13.4. The highest BCUT2D eigenvalue weighted by Crippen LogP contribution is 2.40. The van der Waals surface area contributed by atoms with Crippen LogP contribution in [-0.2, 0) is 12.4 Å². The van der Waals surface area contributed by atoms with Crippen molar-refractivity contribution >= 4 is 11.0 Å². The van der Waals surface area contributed by atoms with Crippen LogP contribution in [0.4, 0.5) is 26.3 Å². The van der Waals surface area contributed by atoms with E-state index in [0.29, 0.717) is 5.69 Å². The zero-order valence-electron chi connectivity index (χ0n) is 13.9. The van der Waals surface area contributed by atoms with Crippen molar-refractivity contribution in [3.63, 3.8) is 0 Å². The minimum absolute atomic E-state index is 0.0295. The highest BCUT2D eigenvalue weighted by Gasteiger charge is 2.40. The summed E-state index contributed by atoms with van der Waals surface area (Å²) in [5, 5.41) is 3.57. The van der Waals surface area contributed by atoms with Crippen LogP contribution in [0.5, 0.6) is 0 Å². The van der Waals surface area contributed by atoms with Crippen LogP contribution in [0.15, 0.2) is 24.3 Å². The van der Waals surface area contributed by atoms with Crippen molar-refractivity contribution in [2.75, 3.05) is 0 Å². The molecule has 0 atom stereocenters. The fraction of sp³-hybridized carbons (Fsp3) is 0.294. The van der Waals surface area contributed by atoms with E-state index in [4.69, 9.17) is 0 Å². The van der Waals surface area contributed by atoms with Crippen molar-refractivity contribution in [1.82, 2.24) is 14.8 Å². The fourth-order valence-corrected chi connectivity index (χ4v) is 2.70. The van der Waals surface area contributed by atoms with Gasteiger partial charge in [0.2, 0.25) is 0 Å². The average molecular weight is 373 g/mol. The highest BCUT2D eigenvalue weighted by atomic mass is 19.4. The average Bonchev–Trinajstić information content (AvgIpc) is 2.84. The third-order valence-corrected chi connectivity index (χ3v) is 4.14. The molecule has 0 amide bonds.